The number of fused-ring (bicyclic) bond motifs is 2. The zero-order valence-corrected chi connectivity index (χ0v) is 24.0. The van der Waals surface area contributed by atoms with E-state index in [9.17, 15) is 9.59 Å². The zero-order valence-electron chi connectivity index (χ0n) is 24.0. The van der Waals surface area contributed by atoms with Gasteiger partial charge in [-0.1, -0.05) is 60.7 Å². The molecule has 6 rings (SSSR count). The largest absolute Gasteiger partial charge is 0.494 e. The number of nitrogens with one attached hydrogen (secondary N) is 1. The van der Waals surface area contributed by atoms with E-state index in [0.29, 0.717) is 18.9 Å². The molecule has 2 aliphatic heterocycles. The van der Waals surface area contributed by atoms with Crippen molar-refractivity contribution in [2.24, 2.45) is 5.92 Å². The number of likely N-dealkylation sites (N-methyl/N-ethyl adjacent to an activating group) is 1. The number of hydrogen-bond donors (Lipinski definition) is 1. The Morgan fingerprint density at radius 1 is 1.02 bits per heavy atom. The van der Waals surface area contributed by atoms with Gasteiger partial charge in [-0.25, -0.2) is 4.79 Å². The van der Waals surface area contributed by atoms with Crippen molar-refractivity contribution in [2.45, 2.75) is 57.3 Å². The Balaban J connectivity index is 1.36. The van der Waals surface area contributed by atoms with Crippen molar-refractivity contribution >= 4 is 17.7 Å². The first-order chi connectivity index (χ1) is 19.8. The molecule has 4 atom stereocenters. The summed E-state index contributed by atoms with van der Waals surface area (Å²) < 4.78 is 11.8. The number of allylic oxidation sites excluding steroid dienone is 1. The van der Waals surface area contributed by atoms with Gasteiger partial charge in [0.2, 0.25) is 5.91 Å². The van der Waals surface area contributed by atoms with Crippen LogP contribution >= 0.6 is 0 Å². The highest BCUT2D eigenvalue weighted by molar-refractivity contribution is 6.07. The second kappa shape index (κ2) is 10.7. The molecule has 2 amide bonds. The predicted octanol–water partition coefficient (Wildman–Crippen LogP) is 6.00. The van der Waals surface area contributed by atoms with Crippen molar-refractivity contribution in [3.8, 4) is 11.5 Å². The summed E-state index contributed by atoms with van der Waals surface area (Å²) in [5.41, 5.74) is 3.36. The first-order valence-electron chi connectivity index (χ1n) is 14.4. The summed E-state index contributed by atoms with van der Waals surface area (Å²) in [6.07, 6.45) is 4.81. The van der Waals surface area contributed by atoms with Gasteiger partial charge in [-0.3, -0.25) is 9.69 Å². The Morgan fingerprint density at radius 3 is 2.44 bits per heavy atom. The van der Waals surface area contributed by atoms with Crippen molar-refractivity contribution in [1.29, 1.82) is 0 Å². The van der Waals surface area contributed by atoms with Gasteiger partial charge in [0.25, 0.3) is 0 Å². The molecule has 1 saturated heterocycles. The second-order valence-electron chi connectivity index (χ2n) is 11.6. The second-order valence-corrected chi connectivity index (χ2v) is 11.6. The molecule has 0 spiro atoms. The van der Waals surface area contributed by atoms with Gasteiger partial charge in [-0.2, -0.15) is 0 Å². The number of para-hydroxylation sites is 1. The number of nitrogens with zero attached hydrogens (tertiary/aromatic N) is 2. The quantitative estimate of drug-likeness (QED) is 0.365. The average molecular weight is 552 g/mol. The Morgan fingerprint density at radius 2 is 1.73 bits per heavy atom. The number of carbonyl (C=O) groups excluding carboxylic acids is 2. The van der Waals surface area contributed by atoms with E-state index < -0.39 is 5.41 Å². The van der Waals surface area contributed by atoms with E-state index in [0.717, 1.165) is 34.5 Å². The number of carbonyl (C=O) groups is 2. The molecule has 1 fully saturated rings. The average Bonchev–Trinajstić information content (AvgIpc) is 3.61. The van der Waals surface area contributed by atoms with Gasteiger partial charge < -0.3 is 19.7 Å². The number of benzene rings is 3. The van der Waals surface area contributed by atoms with Gasteiger partial charge in [0, 0.05) is 31.6 Å². The highest BCUT2D eigenvalue weighted by Crippen LogP contribution is 2.47. The molecule has 3 aromatic carbocycles. The van der Waals surface area contributed by atoms with E-state index in [4.69, 9.17) is 9.47 Å². The van der Waals surface area contributed by atoms with E-state index in [1.807, 2.05) is 75.2 Å². The van der Waals surface area contributed by atoms with Gasteiger partial charge in [0.1, 0.15) is 11.5 Å². The normalized spacial score (nSPS) is 24.0. The van der Waals surface area contributed by atoms with Crippen LogP contribution in [-0.2, 0) is 16.8 Å². The van der Waals surface area contributed by atoms with E-state index in [-0.39, 0.29) is 36.0 Å². The maximum Gasteiger partial charge on any atom is 0.416 e. The van der Waals surface area contributed by atoms with Crippen LogP contribution in [0.3, 0.4) is 0 Å². The van der Waals surface area contributed by atoms with E-state index in [2.05, 4.69) is 35.7 Å². The lowest BCUT2D eigenvalue weighted by atomic mass is 9.82. The van der Waals surface area contributed by atoms with E-state index in [1.165, 1.54) is 0 Å². The van der Waals surface area contributed by atoms with Crippen molar-refractivity contribution in [1.82, 2.24) is 10.2 Å². The third kappa shape index (κ3) is 4.68. The van der Waals surface area contributed by atoms with Gasteiger partial charge in [0.15, 0.2) is 0 Å². The predicted molar refractivity (Wildman–Crippen MR) is 159 cm³/mol. The van der Waals surface area contributed by atoms with Gasteiger partial charge in [0.05, 0.1) is 29.8 Å². The zero-order chi connectivity index (χ0) is 28.7. The number of amides is 2. The molecule has 0 saturated carbocycles. The summed E-state index contributed by atoms with van der Waals surface area (Å²) >= 11 is 0. The molecule has 7 heteroatoms. The minimum atomic E-state index is -0.649. The lowest BCUT2D eigenvalue weighted by Gasteiger charge is -2.31. The fourth-order valence-electron chi connectivity index (χ4n) is 6.96. The molecule has 212 valence electrons. The van der Waals surface area contributed by atoms with Gasteiger partial charge >= 0.3 is 6.09 Å². The SMILES string of the molecule is CCOc1cc(CNC2C3CC=CC3N(C(=O)Oc3ccccc3)C2c2ccccc2)c2c(c1)N(C)C(=O)C2(C)C. The molecule has 0 aromatic heterocycles. The molecular formula is C34H37N3O4. The van der Waals surface area contributed by atoms with Crippen LogP contribution in [0.2, 0.25) is 0 Å². The molecule has 41 heavy (non-hydrogen) atoms. The number of ether oxygens (including phenoxy) is 2. The van der Waals surface area contributed by atoms with Crippen LogP contribution in [0.25, 0.3) is 0 Å². The molecular weight excluding hydrogens is 514 g/mol. The maximum atomic E-state index is 13.8. The molecule has 4 unspecified atom stereocenters. The molecule has 1 N–H and O–H groups in total. The molecule has 2 heterocycles. The van der Waals surface area contributed by atoms with Crippen LogP contribution in [0.5, 0.6) is 11.5 Å². The molecule has 3 aliphatic rings. The van der Waals surface area contributed by atoms with Crippen LogP contribution in [-0.4, -0.2) is 42.6 Å². The van der Waals surface area contributed by atoms with Gasteiger partial charge in [-0.05, 0) is 62.1 Å². The summed E-state index contributed by atoms with van der Waals surface area (Å²) in [6.45, 7) is 7.01. The standard InChI is InChI=1S/C34H37N3O4/c1-5-40-25-19-23(29-28(20-25)36(4)32(38)34(29,2)3)21-35-30-26-17-12-18-27(26)37(31(30)22-13-8-6-9-14-22)33(39)41-24-15-10-7-11-16-24/h6-16,18-20,26-27,30-31,35H,5,17,21H2,1-4H3. The van der Waals surface area contributed by atoms with Crippen LogP contribution in [0.15, 0.2) is 84.9 Å². The van der Waals surface area contributed by atoms with Crippen LogP contribution < -0.4 is 19.7 Å². The smallest absolute Gasteiger partial charge is 0.416 e. The molecule has 7 nitrogen and oxygen atoms in total. The van der Waals surface area contributed by atoms with Crippen molar-refractivity contribution in [2.75, 3.05) is 18.6 Å². The van der Waals surface area contributed by atoms with E-state index in [1.54, 1.807) is 17.0 Å². The van der Waals surface area contributed by atoms with Crippen molar-refractivity contribution in [3.05, 3.63) is 102 Å². The third-order valence-electron chi connectivity index (χ3n) is 8.74. The Hall–Kier alpha value is -4.10. The number of hydrogen-bond acceptors (Lipinski definition) is 5. The first kappa shape index (κ1) is 27.1. The summed E-state index contributed by atoms with van der Waals surface area (Å²) in [5.74, 6) is 1.53. The third-order valence-corrected chi connectivity index (χ3v) is 8.74. The lowest BCUT2D eigenvalue weighted by molar-refractivity contribution is -0.121. The molecule has 0 bridgehead atoms. The summed E-state index contributed by atoms with van der Waals surface area (Å²) in [7, 11) is 1.83. The van der Waals surface area contributed by atoms with Crippen molar-refractivity contribution < 1.29 is 19.1 Å². The summed E-state index contributed by atoms with van der Waals surface area (Å²) in [5, 5.41) is 3.86. The summed E-state index contributed by atoms with van der Waals surface area (Å²) in [4.78, 5) is 30.6. The Kier molecular flexibility index (Phi) is 7.08. The van der Waals surface area contributed by atoms with E-state index >= 15 is 0 Å². The fourth-order valence-corrected chi connectivity index (χ4v) is 6.96. The lowest BCUT2D eigenvalue weighted by Crippen LogP contribution is -2.42. The van der Waals surface area contributed by atoms with Crippen LogP contribution in [0.4, 0.5) is 10.5 Å². The number of likely N-dealkylation sites (tertiary alicyclic amines) is 1. The molecule has 1 aliphatic carbocycles. The number of anilines is 1. The molecule has 3 aromatic rings. The van der Waals surface area contributed by atoms with Gasteiger partial charge in [-0.15, -0.1) is 0 Å². The minimum Gasteiger partial charge on any atom is -0.494 e. The monoisotopic (exact) mass is 551 g/mol. The fraction of sp³-hybridized carbons (Fsp3) is 0.353. The highest BCUT2D eigenvalue weighted by atomic mass is 16.6. The van der Waals surface area contributed by atoms with Crippen molar-refractivity contribution in [3.63, 3.8) is 0 Å². The minimum absolute atomic E-state index is 0.0370. The topological polar surface area (TPSA) is 71.1 Å². The molecule has 0 radical (unpaired) electrons. The highest BCUT2D eigenvalue weighted by Gasteiger charge is 2.52. The number of rotatable bonds is 7. The summed E-state index contributed by atoms with van der Waals surface area (Å²) in [6, 6.07) is 23.1. The maximum absolute atomic E-state index is 13.8. The Labute approximate surface area is 241 Å². The van der Waals surface area contributed by atoms with Crippen LogP contribution in [0.1, 0.15) is 49.9 Å². The van der Waals surface area contributed by atoms with Crippen LogP contribution in [0, 0.1) is 5.92 Å². The first-order valence-corrected chi connectivity index (χ1v) is 14.4. The Bertz CT molecular complexity index is 1470.